The lowest BCUT2D eigenvalue weighted by Crippen LogP contribution is -2.00. The minimum absolute atomic E-state index is 0.507. The van der Waals surface area contributed by atoms with Crippen molar-refractivity contribution in [1.29, 1.82) is 0 Å². The Balaban J connectivity index is 2.15. The van der Waals surface area contributed by atoms with Gasteiger partial charge in [-0.3, -0.25) is 0 Å². The molecule has 2 nitrogen and oxygen atoms in total. The van der Waals surface area contributed by atoms with Crippen molar-refractivity contribution in [2.75, 3.05) is 6.61 Å². The van der Waals surface area contributed by atoms with Gasteiger partial charge < -0.3 is 4.84 Å². The third-order valence-electron chi connectivity index (χ3n) is 1.22. The maximum absolute atomic E-state index is 12.6. The number of oxime groups is 1. The van der Waals surface area contributed by atoms with Crippen LogP contribution in [-0.4, -0.2) is 18.5 Å². The fourth-order valence-electron chi connectivity index (χ4n) is 0.455. The predicted molar refractivity (Wildman–Crippen MR) is 33.2 cm³/mol. The molecule has 0 spiro atoms. The van der Waals surface area contributed by atoms with E-state index < -0.39 is 5.67 Å². The molecule has 0 unspecified atom stereocenters. The van der Waals surface area contributed by atoms with Crippen LogP contribution < -0.4 is 0 Å². The largest absolute Gasteiger partial charge is 0.396 e. The van der Waals surface area contributed by atoms with Gasteiger partial charge in [0.15, 0.2) is 0 Å². The molecule has 0 aromatic rings. The summed E-state index contributed by atoms with van der Waals surface area (Å²) in [4.78, 5) is 4.58. The Morgan fingerprint density at radius 1 is 1.78 bits per heavy atom. The molecule has 0 saturated heterocycles. The van der Waals surface area contributed by atoms with E-state index in [4.69, 9.17) is 0 Å². The van der Waals surface area contributed by atoms with Crippen LogP contribution in [0.3, 0.4) is 0 Å². The number of nitrogens with zero attached hydrogens (tertiary/aromatic N) is 1. The molecule has 0 N–H and O–H groups in total. The molecule has 0 aromatic heterocycles. The molecular formula is C6H10FNO. The number of halogens is 1. The first-order valence-corrected chi connectivity index (χ1v) is 3.12. The van der Waals surface area contributed by atoms with E-state index in [0.29, 0.717) is 19.4 Å². The second-order valence-corrected chi connectivity index (χ2v) is 2.19. The van der Waals surface area contributed by atoms with Crippen molar-refractivity contribution in [1.82, 2.24) is 0 Å². The van der Waals surface area contributed by atoms with E-state index in [0.717, 1.165) is 0 Å². The summed E-state index contributed by atoms with van der Waals surface area (Å²) in [5.41, 5.74) is -1.12. The monoisotopic (exact) mass is 131 g/mol. The normalized spacial score (nSPS) is 22.4. The summed E-state index contributed by atoms with van der Waals surface area (Å²) >= 11 is 0. The predicted octanol–water partition coefficient (Wildman–Crippen LogP) is 1.51. The molecule has 9 heavy (non-hydrogen) atoms. The van der Waals surface area contributed by atoms with E-state index in [1.165, 1.54) is 6.21 Å². The van der Waals surface area contributed by atoms with E-state index in [2.05, 4.69) is 9.99 Å². The van der Waals surface area contributed by atoms with Crippen LogP contribution in [-0.2, 0) is 4.84 Å². The Kier molecular flexibility index (Phi) is 1.69. The Hall–Kier alpha value is -0.600. The van der Waals surface area contributed by atoms with E-state index >= 15 is 0 Å². The fourth-order valence-corrected chi connectivity index (χ4v) is 0.455. The molecule has 0 heterocycles. The Morgan fingerprint density at radius 2 is 2.44 bits per heavy atom. The number of rotatable bonds is 3. The van der Waals surface area contributed by atoms with Gasteiger partial charge in [0.05, 0.1) is 6.21 Å². The first-order valence-electron chi connectivity index (χ1n) is 3.12. The van der Waals surface area contributed by atoms with Crippen molar-refractivity contribution in [3.63, 3.8) is 0 Å². The fraction of sp³-hybridized carbons (Fsp3) is 0.833. The van der Waals surface area contributed by atoms with Gasteiger partial charge in [-0.25, -0.2) is 4.39 Å². The molecule has 1 aliphatic carbocycles. The maximum atomic E-state index is 12.6. The lowest BCUT2D eigenvalue weighted by atomic mass is 10.4. The van der Waals surface area contributed by atoms with Crippen LogP contribution in [0.15, 0.2) is 5.16 Å². The molecule has 3 heteroatoms. The second-order valence-electron chi connectivity index (χ2n) is 2.19. The van der Waals surface area contributed by atoms with Gasteiger partial charge in [0.25, 0.3) is 0 Å². The summed E-state index contributed by atoms with van der Waals surface area (Å²) in [7, 11) is 0. The molecule has 0 amide bonds. The van der Waals surface area contributed by atoms with E-state index in [1.54, 1.807) is 0 Å². The molecule has 0 radical (unpaired) electrons. The first-order chi connectivity index (χ1) is 4.27. The summed E-state index contributed by atoms with van der Waals surface area (Å²) in [5.74, 6) is 0. The molecule has 52 valence electrons. The van der Waals surface area contributed by atoms with Crippen LogP contribution in [0, 0.1) is 0 Å². The summed E-state index contributed by atoms with van der Waals surface area (Å²) in [6.45, 7) is 2.32. The quantitative estimate of drug-likeness (QED) is 0.420. The van der Waals surface area contributed by atoms with Gasteiger partial charge >= 0.3 is 0 Å². The summed E-state index contributed by atoms with van der Waals surface area (Å²) < 4.78 is 12.6. The highest BCUT2D eigenvalue weighted by Gasteiger charge is 2.41. The molecular weight excluding hydrogens is 121 g/mol. The average molecular weight is 131 g/mol. The molecule has 1 fully saturated rings. The summed E-state index contributed by atoms with van der Waals surface area (Å²) in [6.07, 6.45) is 2.45. The molecule has 1 rings (SSSR count). The van der Waals surface area contributed by atoms with Gasteiger partial charge in [-0.1, -0.05) is 5.16 Å². The molecule has 1 aliphatic rings. The third-order valence-corrected chi connectivity index (χ3v) is 1.22. The van der Waals surface area contributed by atoms with Gasteiger partial charge in [-0.05, 0) is 19.8 Å². The van der Waals surface area contributed by atoms with Crippen molar-refractivity contribution >= 4 is 6.21 Å². The molecule has 1 saturated carbocycles. The Labute approximate surface area is 53.7 Å². The summed E-state index contributed by atoms with van der Waals surface area (Å²) in [6, 6.07) is 0. The van der Waals surface area contributed by atoms with Gasteiger partial charge in [-0.2, -0.15) is 0 Å². The van der Waals surface area contributed by atoms with E-state index in [9.17, 15) is 4.39 Å². The van der Waals surface area contributed by atoms with E-state index in [1.807, 2.05) is 6.92 Å². The highest BCUT2D eigenvalue weighted by molar-refractivity contribution is 5.71. The van der Waals surface area contributed by atoms with Crippen LogP contribution in [0.25, 0.3) is 0 Å². The Bertz CT molecular complexity index is 120. The van der Waals surface area contributed by atoms with Gasteiger partial charge in [0, 0.05) is 0 Å². The highest BCUT2D eigenvalue weighted by Crippen LogP contribution is 2.37. The molecule has 0 atom stereocenters. The second kappa shape index (κ2) is 2.33. The topological polar surface area (TPSA) is 21.6 Å². The highest BCUT2D eigenvalue weighted by atomic mass is 19.1. The van der Waals surface area contributed by atoms with Crippen molar-refractivity contribution in [2.24, 2.45) is 5.16 Å². The summed E-state index contributed by atoms with van der Waals surface area (Å²) in [5, 5.41) is 3.42. The van der Waals surface area contributed by atoms with Crippen LogP contribution in [0.5, 0.6) is 0 Å². The standard InChI is InChI=1S/C6H10FNO/c1-2-9-8-5-6(7)3-4-6/h5H,2-4H2,1H3/b8-5+. The molecule has 0 aromatic carbocycles. The zero-order valence-corrected chi connectivity index (χ0v) is 5.43. The van der Waals surface area contributed by atoms with Crippen LogP contribution in [0.2, 0.25) is 0 Å². The number of hydrogen-bond donors (Lipinski definition) is 0. The average Bonchev–Trinajstić information content (AvgIpc) is 2.50. The van der Waals surface area contributed by atoms with Crippen molar-refractivity contribution in [3.8, 4) is 0 Å². The minimum Gasteiger partial charge on any atom is -0.396 e. The lowest BCUT2D eigenvalue weighted by Gasteiger charge is -1.92. The zero-order chi connectivity index (χ0) is 6.74. The SMILES string of the molecule is CCO/N=C/C1(F)CC1. The van der Waals surface area contributed by atoms with E-state index in [-0.39, 0.29) is 0 Å². The van der Waals surface area contributed by atoms with Crippen molar-refractivity contribution in [2.45, 2.75) is 25.4 Å². The molecule has 0 aliphatic heterocycles. The van der Waals surface area contributed by atoms with Crippen molar-refractivity contribution < 1.29 is 9.23 Å². The third kappa shape index (κ3) is 2.00. The number of hydrogen-bond acceptors (Lipinski definition) is 2. The Morgan fingerprint density at radius 3 is 2.89 bits per heavy atom. The molecule has 0 bridgehead atoms. The van der Waals surface area contributed by atoms with Gasteiger partial charge in [-0.15, -0.1) is 0 Å². The smallest absolute Gasteiger partial charge is 0.149 e. The lowest BCUT2D eigenvalue weighted by molar-refractivity contribution is 0.157. The maximum Gasteiger partial charge on any atom is 0.149 e. The van der Waals surface area contributed by atoms with Crippen molar-refractivity contribution in [3.05, 3.63) is 0 Å². The first kappa shape index (κ1) is 6.52. The van der Waals surface area contributed by atoms with Gasteiger partial charge in [0.2, 0.25) is 0 Å². The van der Waals surface area contributed by atoms with Gasteiger partial charge in [0.1, 0.15) is 12.3 Å². The number of alkyl halides is 1. The van der Waals surface area contributed by atoms with Crippen LogP contribution in [0.4, 0.5) is 4.39 Å². The van der Waals surface area contributed by atoms with Crippen LogP contribution >= 0.6 is 0 Å². The minimum atomic E-state index is -1.12. The van der Waals surface area contributed by atoms with Crippen LogP contribution in [0.1, 0.15) is 19.8 Å². The zero-order valence-electron chi connectivity index (χ0n) is 5.43.